The number of para-hydroxylation sites is 1. The van der Waals surface area contributed by atoms with Crippen molar-refractivity contribution < 1.29 is 14.7 Å². The van der Waals surface area contributed by atoms with Gasteiger partial charge in [-0.15, -0.1) is 0 Å². The molecule has 0 heterocycles. The number of hydrogen-bond acceptors (Lipinski definition) is 3. The first kappa shape index (κ1) is 17.0. The van der Waals surface area contributed by atoms with E-state index in [0.717, 1.165) is 12.0 Å². The second kappa shape index (κ2) is 8.97. The summed E-state index contributed by atoms with van der Waals surface area (Å²) in [6, 6.07) is 7.08. The Labute approximate surface area is 124 Å². The molecule has 6 heteroatoms. The molecule has 0 aliphatic heterocycles. The zero-order valence-corrected chi connectivity index (χ0v) is 12.5. The zero-order chi connectivity index (χ0) is 15.7. The lowest BCUT2D eigenvalue weighted by atomic mass is 10.0. The summed E-state index contributed by atoms with van der Waals surface area (Å²) in [7, 11) is 1.83. The molecule has 116 valence electrons. The van der Waals surface area contributed by atoms with Crippen LogP contribution in [0.5, 0.6) is 0 Å². The Morgan fingerprint density at radius 1 is 1.29 bits per heavy atom. The Balaban J connectivity index is 2.55. The van der Waals surface area contributed by atoms with Crippen LogP contribution in [0.3, 0.4) is 0 Å². The molecule has 1 rings (SSSR count). The van der Waals surface area contributed by atoms with Gasteiger partial charge in [-0.2, -0.15) is 0 Å². The topological polar surface area (TPSA) is 90.5 Å². The first-order chi connectivity index (χ1) is 10.1. The number of hydrogen-bond donors (Lipinski definition) is 4. The third-order valence-electron chi connectivity index (χ3n) is 3.13. The molecular formula is C15H23N3O3. The van der Waals surface area contributed by atoms with Crippen molar-refractivity contribution in [1.29, 1.82) is 0 Å². The SMILES string of the molecule is CCCC(CNC(=O)Nc1ccccc1CNC)C(=O)O. The van der Waals surface area contributed by atoms with Crippen LogP contribution in [0.1, 0.15) is 25.3 Å². The van der Waals surface area contributed by atoms with E-state index in [-0.39, 0.29) is 12.6 Å². The Hall–Kier alpha value is -2.08. The second-order valence-electron chi connectivity index (χ2n) is 4.85. The molecular weight excluding hydrogens is 270 g/mol. The van der Waals surface area contributed by atoms with Crippen LogP contribution in [0, 0.1) is 5.92 Å². The van der Waals surface area contributed by atoms with Crippen molar-refractivity contribution in [1.82, 2.24) is 10.6 Å². The standard InChI is InChI=1S/C15H23N3O3/c1-3-6-12(14(19)20)10-17-15(21)18-13-8-5-4-7-11(13)9-16-2/h4-5,7-8,12,16H,3,6,9-10H2,1-2H3,(H,19,20)(H2,17,18,21). The normalized spacial score (nSPS) is 11.7. The number of carbonyl (C=O) groups is 2. The van der Waals surface area contributed by atoms with Crippen LogP contribution < -0.4 is 16.0 Å². The Morgan fingerprint density at radius 2 is 2.00 bits per heavy atom. The number of nitrogens with one attached hydrogen (secondary N) is 3. The van der Waals surface area contributed by atoms with Gasteiger partial charge in [-0.3, -0.25) is 4.79 Å². The van der Waals surface area contributed by atoms with E-state index >= 15 is 0 Å². The van der Waals surface area contributed by atoms with Gasteiger partial charge in [0.15, 0.2) is 0 Å². The van der Waals surface area contributed by atoms with Crippen molar-refractivity contribution in [3.8, 4) is 0 Å². The summed E-state index contributed by atoms with van der Waals surface area (Å²) >= 11 is 0. The Bertz CT molecular complexity index is 477. The number of carbonyl (C=O) groups excluding carboxylic acids is 1. The highest BCUT2D eigenvalue weighted by molar-refractivity contribution is 5.90. The van der Waals surface area contributed by atoms with Gasteiger partial charge in [0.05, 0.1) is 5.92 Å². The molecule has 1 aromatic carbocycles. The van der Waals surface area contributed by atoms with Crippen molar-refractivity contribution in [3.63, 3.8) is 0 Å². The first-order valence-electron chi connectivity index (χ1n) is 7.08. The van der Waals surface area contributed by atoms with E-state index in [2.05, 4.69) is 16.0 Å². The minimum atomic E-state index is -0.882. The van der Waals surface area contributed by atoms with Gasteiger partial charge in [-0.25, -0.2) is 4.79 Å². The predicted molar refractivity (Wildman–Crippen MR) is 82.3 cm³/mol. The molecule has 0 saturated carbocycles. The monoisotopic (exact) mass is 293 g/mol. The minimum Gasteiger partial charge on any atom is -0.481 e. The number of carboxylic acid groups (broad SMARTS) is 1. The van der Waals surface area contributed by atoms with Gasteiger partial charge in [0.1, 0.15) is 0 Å². The highest BCUT2D eigenvalue weighted by Crippen LogP contribution is 2.14. The highest BCUT2D eigenvalue weighted by Gasteiger charge is 2.17. The fourth-order valence-electron chi connectivity index (χ4n) is 2.03. The summed E-state index contributed by atoms with van der Waals surface area (Å²) in [5.74, 6) is -1.43. The summed E-state index contributed by atoms with van der Waals surface area (Å²) in [5, 5.41) is 17.4. The first-order valence-corrected chi connectivity index (χ1v) is 7.08. The summed E-state index contributed by atoms with van der Waals surface area (Å²) in [6.45, 7) is 2.69. The summed E-state index contributed by atoms with van der Waals surface area (Å²) in [6.07, 6.45) is 1.32. The van der Waals surface area contributed by atoms with Crippen molar-refractivity contribution >= 4 is 17.7 Å². The van der Waals surface area contributed by atoms with Gasteiger partial charge in [0, 0.05) is 18.8 Å². The number of benzene rings is 1. The van der Waals surface area contributed by atoms with Crippen LogP contribution in [0.25, 0.3) is 0 Å². The predicted octanol–water partition coefficient (Wildman–Crippen LogP) is 2.03. The third-order valence-corrected chi connectivity index (χ3v) is 3.13. The van der Waals surface area contributed by atoms with E-state index in [1.807, 2.05) is 38.2 Å². The van der Waals surface area contributed by atoms with Crippen molar-refractivity contribution in [2.45, 2.75) is 26.3 Å². The average Bonchev–Trinajstić information content (AvgIpc) is 2.45. The van der Waals surface area contributed by atoms with Gasteiger partial charge in [0.2, 0.25) is 0 Å². The summed E-state index contributed by atoms with van der Waals surface area (Å²) in [4.78, 5) is 22.9. The molecule has 0 aliphatic carbocycles. The molecule has 0 aliphatic rings. The number of amides is 2. The fourth-order valence-corrected chi connectivity index (χ4v) is 2.03. The lowest BCUT2D eigenvalue weighted by Crippen LogP contribution is -2.36. The maximum atomic E-state index is 11.9. The summed E-state index contributed by atoms with van der Waals surface area (Å²) < 4.78 is 0. The molecule has 1 aromatic rings. The number of aliphatic carboxylic acids is 1. The van der Waals surface area contributed by atoms with Crippen LogP contribution in [0.15, 0.2) is 24.3 Å². The Kier molecular flexibility index (Phi) is 7.25. The van der Waals surface area contributed by atoms with Crippen LogP contribution in [0.2, 0.25) is 0 Å². The van der Waals surface area contributed by atoms with E-state index in [4.69, 9.17) is 5.11 Å². The van der Waals surface area contributed by atoms with Gasteiger partial charge >= 0.3 is 12.0 Å². The van der Waals surface area contributed by atoms with E-state index in [1.165, 1.54) is 0 Å². The second-order valence-corrected chi connectivity index (χ2v) is 4.85. The lowest BCUT2D eigenvalue weighted by molar-refractivity contribution is -0.141. The number of carboxylic acids is 1. The van der Waals surface area contributed by atoms with Gasteiger partial charge in [-0.1, -0.05) is 31.5 Å². The molecule has 0 fully saturated rings. The van der Waals surface area contributed by atoms with Gasteiger partial charge < -0.3 is 21.1 Å². The van der Waals surface area contributed by atoms with E-state index in [1.54, 1.807) is 0 Å². The van der Waals surface area contributed by atoms with Crippen LogP contribution in [-0.4, -0.2) is 30.7 Å². The third kappa shape index (κ3) is 5.83. The highest BCUT2D eigenvalue weighted by atomic mass is 16.4. The number of urea groups is 1. The smallest absolute Gasteiger partial charge is 0.319 e. The van der Waals surface area contributed by atoms with Crippen molar-refractivity contribution in [2.75, 3.05) is 18.9 Å². The van der Waals surface area contributed by atoms with E-state index < -0.39 is 11.9 Å². The van der Waals surface area contributed by atoms with E-state index in [9.17, 15) is 9.59 Å². The molecule has 0 spiro atoms. The fraction of sp³-hybridized carbons (Fsp3) is 0.467. The lowest BCUT2D eigenvalue weighted by Gasteiger charge is -2.14. The molecule has 0 bridgehead atoms. The number of anilines is 1. The van der Waals surface area contributed by atoms with Gasteiger partial charge in [-0.05, 0) is 25.1 Å². The van der Waals surface area contributed by atoms with E-state index in [0.29, 0.717) is 18.7 Å². The van der Waals surface area contributed by atoms with Crippen LogP contribution >= 0.6 is 0 Å². The summed E-state index contributed by atoms with van der Waals surface area (Å²) in [5.41, 5.74) is 1.69. The molecule has 0 radical (unpaired) electrons. The minimum absolute atomic E-state index is 0.128. The van der Waals surface area contributed by atoms with Crippen molar-refractivity contribution in [3.05, 3.63) is 29.8 Å². The molecule has 21 heavy (non-hydrogen) atoms. The Morgan fingerprint density at radius 3 is 2.62 bits per heavy atom. The molecule has 4 N–H and O–H groups in total. The molecule has 0 aromatic heterocycles. The molecule has 1 unspecified atom stereocenters. The molecule has 2 amide bonds. The number of rotatable bonds is 8. The maximum absolute atomic E-state index is 11.9. The zero-order valence-electron chi connectivity index (χ0n) is 12.5. The van der Waals surface area contributed by atoms with Crippen LogP contribution in [-0.2, 0) is 11.3 Å². The largest absolute Gasteiger partial charge is 0.481 e. The maximum Gasteiger partial charge on any atom is 0.319 e. The molecule has 6 nitrogen and oxygen atoms in total. The quantitative estimate of drug-likeness (QED) is 0.590. The molecule has 0 saturated heterocycles. The molecule has 1 atom stereocenters. The van der Waals surface area contributed by atoms with Gasteiger partial charge in [0.25, 0.3) is 0 Å². The average molecular weight is 293 g/mol. The van der Waals surface area contributed by atoms with Crippen LogP contribution in [0.4, 0.5) is 10.5 Å². The van der Waals surface area contributed by atoms with Crippen molar-refractivity contribution in [2.24, 2.45) is 5.92 Å².